The van der Waals surface area contributed by atoms with Crippen molar-refractivity contribution in [3.05, 3.63) is 70.1 Å². The van der Waals surface area contributed by atoms with Crippen molar-refractivity contribution in [2.45, 2.75) is 56.4 Å². The van der Waals surface area contributed by atoms with Gasteiger partial charge in [-0.1, -0.05) is 6.07 Å². The topological polar surface area (TPSA) is 123 Å². The SMILES string of the molecule is COC(=O)c1c(NC(=O)C(C)Sc2cccc(NC(=O)c3ccc(OC)cc3)c2)sc2c1CCN(C(=O)OC(C)(C)C)C2. The van der Waals surface area contributed by atoms with Crippen molar-refractivity contribution in [1.82, 2.24) is 4.90 Å². The molecule has 2 heterocycles. The molecule has 228 valence electrons. The Labute approximate surface area is 259 Å². The first-order chi connectivity index (χ1) is 20.4. The molecular formula is C31H35N3O7S2. The fraction of sp³-hybridized carbons (Fsp3) is 0.355. The molecule has 1 aliphatic heterocycles. The zero-order valence-electron chi connectivity index (χ0n) is 24.9. The highest BCUT2D eigenvalue weighted by atomic mass is 32.2. The standard InChI is InChI=1S/C31H35N3O7S2/c1-18(42-22-9-7-8-20(16-22)32-27(36)19-10-12-21(39-5)13-11-19)26(35)33-28-25(29(37)40-6)23-14-15-34(17-24(23)43-28)30(38)41-31(2,3)4/h7-13,16,18H,14-15,17H2,1-6H3,(H,32,36)(H,33,35). The fourth-order valence-corrected chi connectivity index (χ4v) is 6.54. The summed E-state index contributed by atoms with van der Waals surface area (Å²) in [5.74, 6) is -0.450. The number of amides is 3. The first-order valence-corrected chi connectivity index (χ1v) is 15.3. The van der Waals surface area contributed by atoms with E-state index < -0.39 is 22.9 Å². The van der Waals surface area contributed by atoms with Crippen LogP contribution in [0.3, 0.4) is 0 Å². The predicted molar refractivity (Wildman–Crippen MR) is 167 cm³/mol. The Morgan fingerprint density at radius 3 is 2.40 bits per heavy atom. The minimum atomic E-state index is -0.626. The average molecular weight is 626 g/mol. The monoisotopic (exact) mass is 625 g/mol. The number of anilines is 2. The zero-order valence-corrected chi connectivity index (χ0v) is 26.6. The maximum Gasteiger partial charge on any atom is 0.410 e. The fourth-order valence-electron chi connectivity index (χ4n) is 4.36. The van der Waals surface area contributed by atoms with Crippen molar-refractivity contribution >= 4 is 57.7 Å². The van der Waals surface area contributed by atoms with Gasteiger partial charge < -0.3 is 29.7 Å². The second-order valence-corrected chi connectivity index (χ2v) is 13.3. The number of rotatable bonds is 8. The van der Waals surface area contributed by atoms with E-state index in [1.165, 1.54) is 30.2 Å². The highest BCUT2D eigenvalue weighted by Gasteiger charge is 2.33. The Hall–Kier alpha value is -4.03. The third kappa shape index (κ3) is 8.08. The van der Waals surface area contributed by atoms with Gasteiger partial charge in [-0.2, -0.15) is 0 Å². The number of fused-ring (bicyclic) bond motifs is 1. The van der Waals surface area contributed by atoms with Crippen LogP contribution in [0.25, 0.3) is 0 Å². The summed E-state index contributed by atoms with van der Waals surface area (Å²) in [4.78, 5) is 54.5. The van der Waals surface area contributed by atoms with Gasteiger partial charge >= 0.3 is 12.1 Å². The van der Waals surface area contributed by atoms with E-state index in [-0.39, 0.29) is 18.4 Å². The van der Waals surface area contributed by atoms with Crippen molar-refractivity contribution < 1.29 is 33.4 Å². The normalized spacial score (nSPS) is 13.4. The number of thioether (sulfide) groups is 1. The van der Waals surface area contributed by atoms with Crippen LogP contribution >= 0.6 is 23.1 Å². The van der Waals surface area contributed by atoms with Gasteiger partial charge in [-0.3, -0.25) is 9.59 Å². The molecule has 4 rings (SSSR count). The summed E-state index contributed by atoms with van der Waals surface area (Å²) in [6.45, 7) is 7.84. The molecular weight excluding hydrogens is 590 g/mol. The first-order valence-electron chi connectivity index (χ1n) is 13.6. The summed E-state index contributed by atoms with van der Waals surface area (Å²) < 4.78 is 15.7. The van der Waals surface area contributed by atoms with Crippen LogP contribution in [0.2, 0.25) is 0 Å². The van der Waals surface area contributed by atoms with Gasteiger partial charge in [0.1, 0.15) is 16.4 Å². The minimum Gasteiger partial charge on any atom is -0.497 e. The summed E-state index contributed by atoms with van der Waals surface area (Å²) >= 11 is 2.58. The molecule has 0 saturated carbocycles. The highest BCUT2D eigenvalue weighted by Crippen LogP contribution is 2.38. The van der Waals surface area contributed by atoms with E-state index in [2.05, 4.69) is 10.6 Å². The van der Waals surface area contributed by atoms with E-state index in [1.54, 1.807) is 61.4 Å². The van der Waals surface area contributed by atoms with Gasteiger partial charge in [-0.05, 0) is 82.1 Å². The number of methoxy groups -OCH3 is 2. The summed E-state index contributed by atoms with van der Waals surface area (Å²) in [6, 6.07) is 14.0. The highest BCUT2D eigenvalue weighted by molar-refractivity contribution is 8.00. The lowest BCUT2D eigenvalue weighted by atomic mass is 10.0. The van der Waals surface area contributed by atoms with Crippen molar-refractivity contribution in [3.63, 3.8) is 0 Å². The molecule has 2 N–H and O–H groups in total. The number of thiophene rings is 1. The van der Waals surface area contributed by atoms with E-state index >= 15 is 0 Å². The average Bonchev–Trinajstić information content (AvgIpc) is 3.33. The summed E-state index contributed by atoms with van der Waals surface area (Å²) in [7, 11) is 2.86. The van der Waals surface area contributed by atoms with Gasteiger partial charge in [-0.25, -0.2) is 9.59 Å². The quantitative estimate of drug-likeness (QED) is 0.224. The van der Waals surface area contributed by atoms with E-state index in [0.29, 0.717) is 40.5 Å². The van der Waals surface area contributed by atoms with Crippen molar-refractivity contribution in [2.24, 2.45) is 0 Å². The van der Waals surface area contributed by atoms with Crippen LogP contribution in [0.4, 0.5) is 15.5 Å². The van der Waals surface area contributed by atoms with Gasteiger partial charge in [0, 0.05) is 27.6 Å². The number of nitrogens with one attached hydrogen (secondary N) is 2. The molecule has 3 aromatic rings. The van der Waals surface area contributed by atoms with Crippen LogP contribution in [0, 0.1) is 0 Å². The molecule has 43 heavy (non-hydrogen) atoms. The van der Waals surface area contributed by atoms with Crippen LogP contribution in [-0.2, 0) is 27.2 Å². The number of esters is 1. The predicted octanol–water partition coefficient (Wildman–Crippen LogP) is 6.21. The molecule has 0 radical (unpaired) electrons. The van der Waals surface area contributed by atoms with Crippen molar-refractivity contribution in [3.8, 4) is 5.75 Å². The van der Waals surface area contributed by atoms with Gasteiger partial charge in [0.2, 0.25) is 5.91 Å². The molecule has 0 saturated heterocycles. The lowest BCUT2D eigenvalue weighted by molar-refractivity contribution is -0.115. The Morgan fingerprint density at radius 2 is 1.74 bits per heavy atom. The van der Waals surface area contributed by atoms with E-state index in [1.807, 2.05) is 26.8 Å². The van der Waals surface area contributed by atoms with E-state index in [0.717, 1.165) is 15.3 Å². The minimum absolute atomic E-state index is 0.266. The van der Waals surface area contributed by atoms with E-state index in [9.17, 15) is 19.2 Å². The third-order valence-corrected chi connectivity index (χ3v) is 8.69. The Balaban J connectivity index is 1.44. The van der Waals surface area contributed by atoms with Gasteiger partial charge in [0.15, 0.2) is 0 Å². The van der Waals surface area contributed by atoms with Gasteiger partial charge in [0.25, 0.3) is 5.91 Å². The van der Waals surface area contributed by atoms with Crippen LogP contribution in [0.5, 0.6) is 5.75 Å². The maximum absolute atomic E-state index is 13.3. The molecule has 2 aromatic carbocycles. The number of nitrogens with zero attached hydrogens (tertiary/aromatic N) is 1. The Bertz CT molecular complexity index is 1510. The molecule has 1 unspecified atom stereocenters. The number of hydrogen-bond acceptors (Lipinski definition) is 9. The summed E-state index contributed by atoms with van der Waals surface area (Å²) in [6.07, 6.45) is 0.00857. The van der Waals surface area contributed by atoms with Crippen molar-refractivity contribution in [2.75, 3.05) is 31.4 Å². The van der Waals surface area contributed by atoms with E-state index in [4.69, 9.17) is 14.2 Å². The molecule has 0 aliphatic carbocycles. The molecule has 12 heteroatoms. The smallest absolute Gasteiger partial charge is 0.410 e. The lowest BCUT2D eigenvalue weighted by Gasteiger charge is -2.30. The molecule has 1 aliphatic rings. The number of carbonyl (C=O) groups excluding carboxylic acids is 4. The summed E-state index contributed by atoms with van der Waals surface area (Å²) in [5, 5.41) is 5.64. The Kier molecular flexibility index (Phi) is 10.0. The second-order valence-electron chi connectivity index (χ2n) is 10.8. The number of hydrogen-bond donors (Lipinski definition) is 2. The van der Waals surface area contributed by atoms with Crippen molar-refractivity contribution in [1.29, 1.82) is 0 Å². The van der Waals surface area contributed by atoms with Crippen LogP contribution < -0.4 is 15.4 Å². The molecule has 3 amide bonds. The molecule has 0 fully saturated rings. The number of carbonyl (C=O) groups is 4. The zero-order chi connectivity index (χ0) is 31.3. The van der Waals surface area contributed by atoms with Crippen LogP contribution in [0.1, 0.15) is 58.9 Å². The van der Waals surface area contributed by atoms with Crippen LogP contribution in [-0.4, -0.2) is 60.4 Å². The Morgan fingerprint density at radius 1 is 1.02 bits per heavy atom. The molecule has 0 spiro atoms. The third-order valence-electron chi connectivity index (χ3n) is 6.46. The molecule has 0 bridgehead atoms. The molecule has 10 nitrogen and oxygen atoms in total. The second kappa shape index (κ2) is 13.5. The molecule has 1 aromatic heterocycles. The number of ether oxygens (including phenoxy) is 3. The maximum atomic E-state index is 13.3. The molecule has 1 atom stereocenters. The summed E-state index contributed by atoms with van der Waals surface area (Å²) in [5.41, 5.74) is 1.54. The lowest BCUT2D eigenvalue weighted by Crippen LogP contribution is -2.39. The van der Waals surface area contributed by atoms with Gasteiger partial charge in [0.05, 0.1) is 31.6 Å². The largest absolute Gasteiger partial charge is 0.497 e. The number of benzene rings is 2. The first kappa shape index (κ1) is 31.9. The van der Waals surface area contributed by atoms with Crippen LogP contribution in [0.15, 0.2) is 53.4 Å². The van der Waals surface area contributed by atoms with Gasteiger partial charge in [-0.15, -0.1) is 23.1 Å².